The monoisotopic (exact) mass is 346 g/mol. The average Bonchev–Trinajstić information content (AvgIpc) is 2.67. The standard InChI is InChI=1S/C20H15FN4O/c21-15-8-6-14(7-9-15)16-10-11-22-18-17(16)19(26)25-20(24-18)23-12-13-4-2-1-3-5-13/h1-11H,12H2,(H2,22,23,24,25,26). The van der Waals surface area contributed by atoms with Crippen LogP contribution in [0.4, 0.5) is 10.3 Å². The zero-order valence-electron chi connectivity index (χ0n) is 13.7. The predicted molar refractivity (Wildman–Crippen MR) is 99.3 cm³/mol. The second-order valence-corrected chi connectivity index (χ2v) is 5.82. The van der Waals surface area contributed by atoms with Gasteiger partial charge in [-0.2, -0.15) is 4.98 Å². The highest BCUT2D eigenvalue weighted by atomic mass is 19.1. The lowest BCUT2D eigenvalue weighted by atomic mass is 10.0. The van der Waals surface area contributed by atoms with E-state index in [1.54, 1.807) is 24.4 Å². The van der Waals surface area contributed by atoms with Crippen molar-refractivity contribution in [1.82, 2.24) is 15.0 Å². The van der Waals surface area contributed by atoms with Gasteiger partial charge in [0.25, 0.3) is 5.56 Å². The molecule has 2 aromatic carbocycles. The molecule has 2 N–H and O–H groups in total. The van der Waals surface area contributed by atoms with Crippen LogP contribution >= 0.6 is 0 Å². The van der Waals surface area contributed by atoms with E-state index >= 15 is 0 Å². The van der Waals surface area contributed by atoms with Crippen LogP contribution in [0.15, 0.2) is 71.7 Å². The fourth-order valence-corrected chi connectivity index (χ4v) is 2.80. The molecular formula is C20H15FN4O. The molecule has 0 spiro atoms. The van der Waals surface area contributed by atoms with Gasteiger partial charge in [0.2, 0.25) is 5.95 Å². The lowest BCUT2D eigenvalue weighted by Gasteiger charge is -2.08. The number of pyridine rings is 1. The highest BCUT2D eigenvalue weighted by molar-refractivity contribution is 5.92. The first-order chi connectivity index (χ1) is 12.7. The molecule has 2 heterocycles. The van der Waals surface area contributed by atoms with Crippen molar-refractivity contribution < 1.29 is 4.39 Å². The molecule has 0 radical (unpaired) electrons. The molecule has 0 atom stereocenters. The molecule has 0 unspecified atom stereocenters. The minimum absolute atomic E-state index is 0.294. The highest BCUT2D eigenvalue weighted by Crippen LogP contribution is 2.24. The normalized spacial score (nSPS) is 10.8. The van der Waals surface area contributed by atoms with Crippen molar-refractivity contribution in [3.8, 4) is 11.1 Å². The van der Waals surface area contributed by atoms with Gasteiger partial charge in [0.15, 0.2) is 5.65 Å². The Kier molecular flexibility index (Phi) is 4.15. The Morgan fingerprint density at radius 3 is 2.54 bits per heavy atom. The van der Waals surface area contributed by atoms with Gasteiger partial charge in [-0.1, -0.05) is 42.5 Å². The Hall–Kier alpha value is -3.54. The number of nitrogens with one attached hydrogen (secondary N) is 2. The average molecular weight is 346 g/mol. The highest BCUT2D eigenvalue weighted by Gasteiger charge is 2.11. The molecular weight excluding hydrogens is 331 g/mol. The van der Waals surface area contributed by atoms with Gasteiger partial charge in [0.05, 0.1) is 5.39 Å². The van der Waals surface area contributed by atoms with E-state index in [0.717, 1.165) is 11.1 Å². The molecule has 26 heavy (non-hydrogen) atoms. The van der Waals surface area contributed by atoms with E-state index in [1.807, 2.05) is 30.3 Å². The third-order valence-corrected chi connectivity index (χ3v) is 4.07. The topological polar surface area (TPSA) is 70.7 Å². The Bertz CT molecular complexity index is 1110. The summed E-state index contributed by atoms with van der Waals surface area (Å²) in [6.07, 6.45) is 1.59. The van der Waals surface area contributed by atoms with Crippen LogP contribution in [0, 0.1) is 5.82 Å². The fraction of sp³-hybridized carbons (Fsp3) is 0.0500. The van der Waals surface area contributed by atoms with Crippen molar-refractivity contribution in [3.05, 3.63) is 88.6 Å². The summed E-state index contributed by atoms with van der Waals surface area (Å²) in [7, 11) is 0. The van der Waals surface area contributed by atoms with Crippen LogP contribution in [0.1, 0.15) is 5.56 Å². The van der Waals surface area contributed by atoms with E-state index in [-0.39, 0.29) is 11.4 Å². The molecule has 5 nitrogen and oxygen atoms in total. The van der Waals surface area contributed by atoms with Crippen molar-refractivity contribution in [3.63, 3.8) is 0 Å². The summed E-state index contributed by atoms with van der Waals surface area (Å²) in [6, 6.07) is 17.5. The summed E-state index contributed by atoms with van der Waals surface area (Å²) in [6.45, 7) is 0.535. The number of aromatic nitrogens is 3. The van der Waals surface area contributed by atoms with Crippen LogP contribution in [-0.4, -0.2) is 15.0 Å². The second-order valence-electron chi connectivity index (χ2n) is 5.82. The van der Waals surface area contributed by atoms with E-state index in [1.165, 1.54) is 12.1 Å². The van der Waals surface area contributed by atoms with Gasteiger partial charge in [-0.25, -0.2) is 9.37 Å². The lowest BCUT2D eigenvalue weighted by Crippen LogP contribution is -2.14. The van der Waals surface area contributed by atoms with Gasteiger partial charge in [-0.3, -0.25) is 9.78 Å². The third kappa shape index (κ3) is 3.17. The largest absolute Gasteiger partial charge is 0.352 e. The van der Waals surface area contributed by atoms with E-state index < -0.39 is 0 Å². The van der Waals surface area contributed by atoms with Crippen LogP contribution in [0.2, 0.25) is 0 Å². The number of hydrogen-bond donors (Lipinski definition) is 2. The molecule has 0 aliphatic carbocycles. The molecule has 0 aliphatic rings. The number of H-pyrrole nitrogens is 1. The maximum Gasteiger partial charge on any atom is 0.262 e. The number of hydrogen-bond acceptors (Lipinski definition) is 4. The molecule has 128 valence electrons. The first kappa shape index (κ1) is 16.0. The molecule has 0 aliphatic heterocycles. The Morgan fingerprint density at radius 2 is 1.77 bits per heavy atom. The Morgan fingerprint density at radius 1 is 1.00 bits per heavy atom. The van der Waals surface area contributed by atoms with Crippen molar-refractivity contribution in [1.29, 1.82) is 0 Å². The van der Waals surface area contributed by atoms with Crippen molar-refractivity contribution in [2.24, 2.45) is 0 Å². The number of aromatic amines is 1. The van der Waals surface area contributed by atoms with Crippen LogP contribution in [0.3, 0.4) is 0 Å². The maximum atomic E-state index is 13.2. The van der Waals surface area contributed by atoms with Gasteiger partial charge in [0, 0.05) is 12.7 Å². The lowest BCUT2D eigenvalue weighted by molar-refractivity contribution is 0.628. The quantitative estimate of drug-likeness (QED) is 0.591. The fourth-order valence-electron chi connectivity index (χ4n) is 2.80. The number of halogens is 1. The molecule has 0 amide bonds. The molecule has 0 saturated heterocycles. The van der Waals surface area contributed by atoms with E-state index in [2.05, 4.69) is 20.3 Å². The minimum atomic E-state index is -0.327. The number of benzene rings is 2. The van der Waals surface area contributed by atoms with Crippen molar-refractivity contribution in [2.45, 2.75) is 6.54 Å². The second kappa shape index (κ2) is 6.76. The van der Waals surface area contributed by atoms with Crippen LogP contribution in [0.25, 0.3) is 22.2 Å². The van der Waals surface area contributed by atoms with E-state index in [0.29, 0.717) is 29.1 Å². The van der Waals surface area contributed by atoms with Crippen molar-refractivity contribution >= 4 is 17.0 Å². The molecule has 0 fully saturated rings. The third-order valence-electron chi connectivity index (χ3n) is 4.07. The molecule has 4 rings (SSSR count). The molecule has 6 heteroatoms. The van der Waals surface area contributed by atoms with Crippen LogP contribution in [-0.2, 0) is 6.54 Å². The summed E-state index contributed by atoms with van der Waals surface area (Å²) in [5.74, 6) is 0.0293. The first-order valence-electron chi connectivity index (χ1n) is 8.13. The maximum absolute atomic E-state index is 13.2. The molecule has 4 aromatic rings. The summed E-state index contributed by atoms with van der Waals surface area (Å²) < 4.78 is 13.2. The van der Waals surface area contributed by atoms with E-state index in [9.17, 15) is 9.18 Å². The van der Waals surface area contributed by atoms with Crippen LogP contribution in [0.5, 0.6) is 0 Å². The predicted octanol–water partition coefficient (Wildman–Crippen LogP) is 3.74. The molecule has 0 saturated carbocycles. The smallest absolute Gasteiger partial charge is 0.262 e. The Balaban J connectivity index is 1.72. The van der Waals surface area contributed by atoms with Gasteiger partial charge < -0.3 is 5.32 Å². The number of rotatable bonds is 4. The molecule has 0 bridgehead atoms. The Labute approximate surface area is 148 Å². The summed E-state index contributed by atoms with van der Waals surface area (Å²) in [4.78, 5) is 24.0. The van der Waals surface area contributed by atoms with Gasteiger partial charge >= 0.3 is 0 Å². The van der Waals surface area contributed by atoms with Gasteiger partial charge in [-0.15, -0.1) is 0 Å². The van der Waals surface area contributed by atoms with Crippen LogP contribution < -0.4 is 10.9 Å². The van der Waals surface area contributed by atoms with Gasteiger partial charge in [0.1, 0.15) is 5.82 Å². The summed E-state index contributed by atoms with van der Waals surface area (Å²) >= 11 is 0. The summed E-state index contributed by atoms with van der Waals surface area (Å²) in [5.41, 5.74) is 2.52. The SMILES string of the molecule is O=c1[nH]c(NCc2ccccc2)nc2nccc(-c3ccc(F)cc3)c12. The molecule has 2 aromatic heterocycles. The van der Waals surface area contributed by atoms with E-state index in [4.69, 9.17) is 0 Å². The summed E-state index contributed by atoms with van der Waals surface area (Å²) in [5, 5.41) is 3.48. The number of fused-ring (bicyclic) bond motifs is 1. The van der Waals surface area contributed by atoms with Crippen molar-refractivity contribution in [2.75, 3.05) is 5.32 Å². The number of nitrogens with zero attached hydrogens (tertiary/aromatic N) is 2. The zero-order valence-corrected chi connectivity index (χ0v) is 13.7. The number of anilines is 1. The zero-order chi connectivity index (χ0) is 17.9. The van der Waals surface area contributed by atoms with Gasteiger partial charge in [-0.05, 0) is 34.9 Å². The minimum Gasteiger partial charge on any atom is -0.352 e. The first-order valence-corrected chi connectivity index (χ1v) is 8.13.